The molecule has 0 fully saturated rings. The molecule has 0 saturated heterocycles. The minimum Gasteiger partial charge on any atom is -0.348 e. The van der Waals surface area contributed by atoms with E-state index in [1.165, 1.54) is 6.07 Å². The zero-order valence-corrected chi connectivity index (χ0v) is 13.8. The maximum absolute atomic E-state index is 13.9. The highest BCUT2D eigenvalue weighted by molar-refractivity contribution is 5.90. The number of amides is 2. The molecule has 1 N–H and O–H groups in total. The Balaban J connectivity index is 1.69. The van der Waals surface area contributed by atoms with Crippen molar-refractivity contribution in [1.82, 2.24) is 14.5 Å². The molecule has 2 aromatic heterocycles. The van der Waals surface area contributed by atoms with E-state index in [4.69, 9.17) is 0 Å². The lowest BCUT2D eigenvalue weighted by atomic mass is 10.0. The van der Waals surface area contributed by atoms with Gasteiger partial charge in [-0.1, -0.05) is 6.07 Å². The second kappa shape index (κ2) is 6.59. The SMILES string of the molecule is O=C(Nc1c(F)cccc1F)N1CCn2cccc2[C@H]1c1ccncc1. The van der Waals surface area contributed by atoms with Crippen molar-refractivity contribution in [3.63, 3.8) is 0 Å². The van der Waals surface area contributed by atoms with Crippen LogP contribution >= 0.6 is 0 Å². The van der Waals surface area contributed by atoms with Gasteiger partial charge in [0.25, 0.3) is 0 Å². The topological polar surface area (TPSA) is 50.2 Å². The number of carbonyl (C=O) groups excluding carboxylic acids is 1. The highest BCUT2D eigenvalue weighted by Gasteiger charge is 2.32. The summed E-state index contributed by atoms with van der Waals surface area (Å²) in [4.78, 5) is 18.4. The molecule has 0 bridgehead atoms. The van der Waals surface area contributed by atoms with E-state index in [9.17, 15) is 13.6 Å². The quantitative estimate of drug-likeness (QED) is 0.761. The predicted molar refractivity (Wildman–Crippen MR) is 92.6 cm³/mol. The molecule has 4 rings (SSSR count). The second-order valence-corrected chi connectivity index (χ2v) is 6.03. The van der Waals surface area contributed by atoms with Crippen molar-refractivity contribution < 1.29 is 13.6 Å². The fourth-order valence-corrected chi connectivity index (χ4v) is 3.29. The van der Waals surface area contributed by atoms with E-state index >= 15 is 0 Å². The Kier molecular flexibility index (Phi) is 4.12. The lowest BCUT2D eigenvalue weighted by molar-refractivity contribution is 0.181. The number of carbonyl (C=O) groups is 1. The first-order valence-electron chi connectivity index (χ1n) is 8.22. The molecule has 0 aliphatic carbocycles. The molecular formula is C19H16F2N4O. The molecule has 1 atom stereocenters. The molecule has 26 heavy (non-hydrogen) atoms. The molecule has 3 heterocycles. The smallest absolute Gasteiger partial charge is 0.322 e. The Morgan fingerprint density at radius 3 is 2.50 bits per heavy atom. The van der Waals surface area contributed by atoms with E-state index in [2.05, 4.69) is 14.9 Å². The minimum atomic E-state index is -0.806. The molecule has 3 aromatic rings. The summed E-state index contributed by atoms with van der Waals surface area (Å²) < 4.78 is 29.9. The van der Waals surface area contributed by atoms with Crippen LogP contribution in [0.4, 0.5) is 19.3 Å². The Morgan fingerprint density at radius 1 is 1.04 bits per heavy atom. The first kappa shape index (κ1) is 16.3. The fourth-order valence-electron chi connectivity index (χ4n) is 3.29. The number of anilines is 1. The number of hydrogen-bond donors (Lipinski definition) is 1. The molecule has 0 spiro atoms. The standard InChI is InChI=1S/C19H16F2N4O/c20-14-3-1-4-15(21)17(14)23-19(26)25-12-11-24-10-2-5-16(24)18(25)13-6-8-22-9-7-13/h1-10,18H,11-12H2,(H,23,26)/t18-/m1/s1. The van der Waals surface area contributed by atoms with Crippen LogP contribution in [0.2, 0.25) is 0 Å². The summed E-state index contributed by atoms with van der Waals surface area (Å²) in [5.74, 6) is -1.61. The first-order valence-corrected chi connectivity index (χ1v) is 8.22. The van der Waals surface area contributed by atoms with E-state index in [0.717, 1.165) is 23.4 Å². The largest absolute Gasteiger partial charge is 0.348 e. The Hall–Kier alpha value is -3.22. The van der Waals surface area contributed by atoms with E-state index in [0.29, 0.717) is 13.1 Å². The van der Waals surface area contributed by atoms with Gasteiger partial charge in [0.2, 0.25) is 0 Å². The lowest BCUT2D eigenvalue weighted by Gasteiger charge is -2.37. The van der Waals surface area contributed by atoms with Crippen LogP contribution in [0.25, 0.3) is 0 Å². The van der Waals surface area contributed by atoms with E-state index in [1.54, 1.807) is 17.3 Å². The third-order valence-corrected chi connectivity index (χ3v) is 4.52. The molecule has 0 radical (unpaired) electrons. The van der Waals surface area contributed by atoms with Gasteiger partial charge in [-0.3, -0.25) is 4.98 Å². The molecule has 1 aliphatic heterocycles. The molecule has 132 valence electrons. The summed E-state index contributed by atoms with van der Waals surface area (Å²) in [5, 5.41) is 2.38. The monoisotopic (exact) mass is 354 g/mol. The van der Waals surface area contributed by atoms with Crippen LogP contribution in [-0.4, -0.2) is 27.0 Å². The molecule has 0 saturated carbocycles. The maximum Gasteiger partial charge on any atom is 0.322 e. The zero-order valence-electron chi connectivity index (χ0n) is 13.8. The van der Waals surface area contributed by atoms with Crippen molar-refractivity contribution in [3.8, 4) is 0 Å². The minimum absolute atomic E-state index is 0.364. The van der Waals surface area contributed by atoms with Crippen molar-refractivity contribution in [3.05, 3.63) is 83.9 Å². The van der Waals surface area contributed by atoms with Crippen LogP contribution in [-0.2, 0) is 6.54 Å². The second-order valence-electron chi connectivity index (χ2n) is 6.03. The van der Waals surface area contributed by atoms with Crippen LogP contribution in [0.15, 0.2) is 61.1 Å². The highest BCUT2D eigenvalue weighted by Crippen LogP contribution is 2.33. The van der Waals surface area contributed by atoms with Gasteiger partial charge in [-0.25, -0.2) is 13.6 Å². The fraction of sp³-hybridized carbons (Fsp3) is 0.158. The lowest BCUT2D eigenvalue weighted by Crippen LogP contribution is -2.44. The number of rotatable bonds is 2. The summed E-state index contributed by atoms with van der Waals surface area (Å²) in [6, 6.07) is 10.1. The van der Waals surface area contributed by atoms with Gasteiger partial charge in [0, 0.05) is 37.4 Å². The predicted octanol–water partition coefficient (Wildman–Crippen LogP) is 3.80. The average Bonchev–Trinajstić information content (AvgIpc) is 3.13. The van der Waals surface area contributed by atoms with Crippen LogP contribution in [0, 0.1) is 11.6 Å². The van der Waals surface area contributed by atoms with Crippen LogP contribution in [0.5, 0.6) is 0 Å². The molecule has 5 nitrogen and oxygen atoms in total. The number of fused-ring (bicyclic) bond motifs is 1. The number of para-hydroxylation sites is 1. The summed E-state index contributed by atoms with van der Waals surface area (Å²) in [6.45, 7) is 1.02. The van der Waals surface area contributed by atoms with Crippen LogP contribution in [0.1, 0.15) is 17.3 Å². The average molecular weight is 354 g/mol. The summed E-state index contributed by atoms with van der Waals surface area (Å²) in [7, 11) is 0. The highest BCUT2D eigenvalue weighted by atomic mass is 19.1. The van der Waals surface area contributed by atoms with E-state index in [-0.39, 0.29) is 6.04 Å². The van der Waals surface area contributed by atoms with Gasteiger partial charge in [-0.15, -0.1) is 0 Å². The number of hydrogen-bond acceptors (Lipinski definition) is 2. The number of urea groups is 1. The summed E-state index contributed by atoms with van der Waals surface area (Å²) >= 11 is 0. The van der Waals surface area contributed by atoms with E-state index in [1.807, 2.05) is 30.5 Å². The molecule has 7 heteroatoms. The molecule has 1 aromatic carbocycles. The number of pyridine rings is 1. The third-order valence-electron chi connectivity index (χ3n) is 4.52. The number of aromatic nitrogens is 2. The zero-order chi connectivity index (χ0) is 18.1. The summed E-state index contributed by atoms with van der Waals surface area (Å²) in [5.41, 5.74) is 1.38. The summed E-state index contributed by atoms with van der Waals surface area (Å²) in [6.07, 6.45) is 5.27. The van der Waals surface area contributed by atoms with Gasteiger partial charge in [0.1, 0.15) is 17.3 Å². The number of nitrogens with one attached hydrogen (secondary N) is 1. The maximum atomic E-state index is 13.9. The van der Waals surface area contributed by atoms with Crippen LogP contribution in [0.3, 0.4) is 0 Å². The normalized spacial score (nSPS) is 16.2. The Bertz CT molecular complexity index is 921. The molecular weight excluding hydrogens is 338 g/mol. The van der Waals surface area contributed by atoms with E-state index < -0.39 is 23.4 Å². The van der Waals surface area contributed by atoms with Gasteiger partial charge in [0.15, 0.2) is 0 Å². The number of benzene rings is 1. The van der Waals surface area contributed by atoms with Gasteiger partial charge >= 0.3 is 6.03 Å². The van der Waals surface area contributed by atoms with Crippen molar-refractivity contribution in [2.75, 3.05) is 11.9 Å². The van der Waals surface area contributed by atoms with Crippen molar-refractivity contribution in [2.24, 2.45) is 0 Å². The number of nitrogens with zero attached hydrogens (tertiary/aromatic N) is 3. The molecule has 0 unspecified atom stereocenters. The van der Waals surface area contributed by atoms with Gasteiger partial charge in [-0.05, 0) is 42.0 Å². The molecule has 2 amide bonds. The van der Waals surface area contributed by atoms with Crippen LogP contribution < -0.4 is 5.32 Å². The van der Waals surface area contributed by atoms with Crippen molar-refractivity contribution >= 4 is 11.7 Å². The van der Waals surface area contributed by atoms with Gasteiger partial charge < -0.3 is 14.8 Å². The van der Waals surface area contributed by atoms with Crippen molar-refractivity contribution in [1.29, 1.82) is 0 Å². The van der Waals surface area contributed by atoms with Gasteiger partial charge in [-0.2, -0.15) is 0 Å². The van der Waals surface area contributed by atoms with Crippen molar-refractivity contribution in [2.45, 2.75) is 12.6 Å². The third kappa shape index (κ3) is 2.81. The van der Waals surface area contributed by atoms with Gasteiger partial charge in [0.05, 0.1) is 6.04 Å². The molecule has 1 aliphatic rings. The Labute approximate surface area is 148 Å². The Morgan fingerprint density at radius 2 is 1.77 bits per heavy atom. The first-order chi connectivity index (χ1) is 12.6. The number of halogens is 2.